The van der Waals surface area contributed by atoms with Crippen LogP contribution in [0.4, 0.5) is 4.79 Å². The van der Waals surface area contributed by atoms with Crippen LogP contribution in [0.3, 0.4) is 0 Å². The van der Waals surface area contributed by atoms with Crippen molar-refractivity contribution in [2.24, 2.45) is 5.92 Å². The third-order valence-electron chi connectivity index (χ3n) is 4.36. The maximum Gasteiger partial charge on any atom is 0.410 e. The average Bonchev–Trinajstić information content (AvgIpc) is 2.67. The van der Waals surface area contributed by atoms with E-state index < -0.39 is 5.60 Å². The molecule has 0 radical (unpaired) electrons. The van der Waals surface area contributed by atoms with Crippen LogP contribution in [0.15, 0.2) is 30.3 Å². The lowest BCUT2D eigenvalue weighted by Crippen LogP contribution is -2.48. The van der Waals surface area contributed by atoms with Crippen LogP contribution in [0.25, 0.3) is 0 Å². The van der Waals surface area contributed by atoms with Crippen molar-refractivity contribution >= 4 is 35.3 Å². The lowest BCUT2D eigenvalue weighted by molar-refractivity contribution is -0.158. The number of alkyl halides is 2. The second kappa shape index (κ2) is 13.7. The highest BCUT2D eigenvalue weighted by atomic mass is 35.5. The molecule has 6 nitrogen and oxygen atoms in total. The van der Waals surface area contributed by atoms with Gasteiger partial charge in [-0.1, -0.05) is 30.3 Å². The summed E-state index contributed by atoms with van der Waals surface area (Å²) in [6.45, 7) is 9.28. The fraction of sp³-hybridized carbons (Fsp3) is 0.636. The Balaban J connectivity index is 0.00000141. The summed E-state index contributed by atoms with van der Waals surface area (Å²) in [7, 11) is 0. The van der Waals surface area contributed by atoms with Gasteiger partial charge in [0.1, 0.15) is 12.2 Å². The largest absolute Gasteiger partial charge is 0.460 e. The number of likely N-dealkylation sites (tertiary alicyclic amines) is 1. The van der Waals surface area contributed by atoms with E-state index in [1.807, 2.05) is 58.0 Å². The summed E-state index contributed by atoms with van der Waals surface area (Å²) >= 11 is 9.53. The quantitative estimate of drug-likeness (QED) is 0.429. The highest BCUT2D eigenvalue weighted by molar-refractivity contribution is 6.40. The molecule has 0 bridgehead atoms. The number of amides is 1. The molecular formula is C22H33Cl2NO5. The Morgan fingerprint density at radius 2 is 1.80 bits per heavy atom. The highest BCUT2D eigenvalue weighted by Gasteiger charge is 2.35. The maximum absolute atomic E-state index is 12.4. The van der Waals surface area contributed by atoms with E-state index in [-0.39, 0.29) is 42.5 Å². The SMILES string of the molecule is CCO[C@H]1CCN(C(=O)OCc2ccccc2)C[C@@H]1CC(=O)OC(C)(C)C.ClCCl. The summed E-state index contributed by atoms with van der Waals surface area (Å²) < 4.78 is 16.7. The lowest BCUT2D eigenvalue weighted by atomic mass is 9.91. The maximum atomic E-state index is 12.4. The molecule has 8 heteroatoms. The summed E-state index contributed by atoms with van der Waals surface area (Å²) in [5.74, 6) is -0.366. The topological polar surface area (TPSA) is 65.1 Å². The van der Waals surface area contributed by atoms with Gasteiger partial charge in [0.25, 0.3) is 0 Å². The van der Waals surface area contributed by atoms with Crippen LogP contribution in [0.5, 0.6) is 0 Å². The van der Waals surface area contributed by atoms with Gasteiger partial charge in [0, 0.05) is 25.6 Å². The molecule has 170 valence electrons. The Kier molecular flexibility index (Phi) is 12.1. The number of rotatable bonds is 6. The van der Waals surface area contributed by atoms with Gasteiger partial charge in [0.15, 0.2) is 0 Å². The first kappa shape index (κ1) is 26.5. The van der Waals surface area contributed by atoms with Crippen molar-refractivity contribution in [2.75, 3.05) is 25.0 Å². The molecular weight excluding hydrogens is 429 g/mol. The van der Waals surface area contributed by atoms with Crippen LogP contribution in [0, 0.1) is 5.92 Å². The van der Waals surface area contributed by atoms with Crippen LogP contribution in [-0.2, 0) is 25.6 Å². The number of esters is 1. The van der Waals surface area contributed by atoms with E-state index in [1.165, 1.54) is 0 Å². The number of halogens is 2. The van der Waals surface area contributed by atoms with E-state index in [0.29, 0.717) is 26.1 Å². The summed E-state index contributed by atoms with van der Waals surface area (Å²) in [5, 5.41) is 0.194. The molecule has 1 aliphatic rings. The van der Waals surface area contributed by atoms with Crippen molar-refractivity contribution in [3.8, 4) is 0 Å². The summed E-state index contributed by atoms with van der Waals surface area (Å²) in [6, 6.07) is 9.58. The number of carbonyl (C=O) groups excluding carboxylic acids is 2. The molecule has 2 atom stereocenters. The van der Waals surface area contributed by atoms with Gasteiger partial charge in [-0.3, -0.25) is 4.79 Å². The first-order chi connectivity index (χ1) is 14.2. The summed E-state index contributed by atoms with van der Waals surface area (Å²) in [5.41, 5.74) is 0.418. The fourth-order valence-electron chi connectivity index (χ4n) is 3.21. The lowest BCUT2D eigenvalue weighted by Gasteiger charge is -2.37. The second-order valence-electron chi connectivity index (χ2n) is 7.92. The summed E-state index contributed by atoms with van der Waals surface area (Å²) in [4.78, 5) is 26.4. The van der Waals surface area contributed by atoms with E-state index in [1.54, 1.807) is 4.90 Å². The molecule has 1 amide bonds. The number of carbonyl (C=O) groups is 2. The Labute approximate surface area is 189 Å². The van der Waals surface area contributed by atoms with Gasteiger partial charge >= 0.3 is 12.1 Å². The van der Waals surface area contributed by atoms with Crippen molar-refractivity contribution in [1.82, 2.24) is 4.90 Å². The fourth-order valence-corrected chi connectivity index (χ4v) is 3.21. The molecule has 0 spiro atoms. The van der Waals surface area contributed by atoms with Gasteiger partial charge in [0.05, 0.1) is 17.9 Å². The van der Waals surface area contributed by atoms with Crippen LogP contribution in [-0.4, -0.2) is 53.7 Å². The molecule has 1 heterocycles. The Hall–Kier alpha value is -1.50. The van der Waals surface area contributed by atoms with E-state index >= 15 is 0 Å². The molecule has 30 heavy (non-hydrogen) atoms. The van der Waals surface area contributed by atoms with Crippen LogP contribution < -0.4 is 0 Å². The highest BCUT2D eigenvalue weighted by Crippen LogP contribution is 2.25. The first-order valence-corrected chi connectivity index (χ1v) is 11.2. The standard InChI is InChI=1S/C21H31NO5.CH2Cl2/c1-5-25-18-11-12-22(14-17(18)13-19(23)27-21(2,3)4)20(24)26-15-16-9-7-6-8-10-16;2-1-3/h6-10,17-18H,5,11-15H2,1-4H3;1H2/t17-,18-;/m0./s1. The number of ether oxygens (including phenoxy) is 3. The average molecular weight is 462 g/mol. The predicted molar refractivity (Wildman–Crippen MR) is 119 cm³/mol. The molecule has 0 aliphatic carbocycles. The van der Waals surface area contributed by atoms with Crippen LogP contribution >= 0.6 is 23.2 Å². The smallest absolute Gasteiger partial charge is 0.410 e. The van der Waals surface area contributed by atoms with Gasteiger partial charge in [-0.05, 0) is 39.7 Å². The molecule has 0 unspecified atom stereocenters. The van der Waals surface area contributed by atoms with Gasteiger partial charge in [0.2, 0.25) is 0 Å². The minimum atomic E-state index is -0.527. The van der Waals surface area contributed by atoms with Crippen LogP contribution in [0.2, 0.25) is 0 Å². The molecule has 0 aromatic heterocycles. The van der Waals surface area contributed by atoms with E-state index in [4.69, 9.17) is 37.4 Å². The number of hydrogen-bond acceptors (Lipinski definition) is 5. The van der Waals surface area contributed by atoms with E-state index in [9.17, 15) is 9.59 Å². The van der Waals surface area contributed by atoms with Crippen molar-refractivity contribution in [1.29, 1.82) is 0 Å². The third-order valence-corrected chi connectivity index (χ3v) is 4.36. The zero-order valence-electron chi connectivity index (χ0n) is 18.2. The zero-order valence-corrected chi connectivity index (χ0v) is 19.7. The molecule has 0 N–H and O–H groups in total. The van der Waals surface area contributed by atoms with Crippen LogP contribution in [0.1, 0.15) is 46.1 Å². The summed E-state index contributed by atoms with van der Waals surface area (Å²) in [6.07, 6.45) is 0.496. The molecule has 1 saturated heterocycles. The van der Waals surface area contributed by atoms with E-state index in [0.717, 1.165) is 5.56 Å². The van der Waals surface area contributed by atoms with Gasteiger partial charge < -0.3 is 19.1 Å². The number of hydrogen-bond donors (Lipinski definition) is 0. The zero-order chi connectivity index (χ0) is 22.6. The Morgan fingerprint density at radius 3 is 2.37 bits per heavy atom. The van der Waals surface area contributed by atoms with Gasteiger partial charge in [-0.15, -0.1) is 23.2 Å². The molecule has 1 aromatic rings. The van der Waals surface area contributed by atoms with Crippen molar-refractivity contribution in [3.63, 3.8) is 0 Å². The Morgan fingerprint density at radius 1 is 1.17 bits per heavy atom. The van der Waals surface area contributed by atoms with Crippen molar-refractivity contribution < 1.29 is 23.8 Å². The molecule has 2 rings (SSSR count). The molecule has 1 aromatic carbocycles. The molecule has 0 saturated carbocycles. The minimum Gasteiger partial charge on any atom is -0.460 e. The first-order valence-electron chi connectivity index (χ1n) is 10.1. The number of piperidine rings is 1. The predicted octanol–water partition coefficient (Wildman–Crippen LogP) is 5.20. The third kappa shape index (κ3) is 10.5. The number of benzene rings is 1. The van der Waals surface area contributed by atoms with E-state index in [2.05, 4.69) is 0 Å². The van der Waals surface area contributed by atoms with Crippen molar-refractivity contribution in [3.05, 3.63) is 35.9 Å². The normalized spacial score (nSPS) is 18.8. The van der Waals surface area contributed by atoms with Crippen molar-refractivity contribution in [2.45, 2.75) is 58.8 Å². The molecule has 1 fully saturated rings. The Bertz CT molecular complexity index is 636. The minimum absolute atomic E-state index is 0.0549. The van der Waals surface area contributed by atoms with Gasteiger partial charge in [-0.2, -0.15) is 0 Å². The monoisotopic (exact) mass is 461 g/mol. The van der Waals surface area contributed by atoms with Gasteiger partial charge in [-0.25, -0.2) is 4.79 Å². The second-order valence-corrected chi connectivity index (χ2v) is 8.73. The molecule has 1 aliphatic heterocycles. The number of nitrogens with zero attached hydrogens (tertiary/aromatic N) is 1.